The van der Waals surface area contributed by atoms with E-state index in [0.29, 0.717) is 5.92 Å². The number of thioether (sulfide) groups is 1. The molecule has 1 aromatic heterocycles. The third-order valence-electron chi connectivity index (χ3n) is 4.41. The molecule has 0 N–H and O–H groups in total. The van der Waals surface area contributed by atoms with E-state index in [-0.39, 0.29) is 6.10 Å². The first kappa shape index (κ1) is 19.8. The number of aromatic nitrogens is 3. The maximum Gasteiger partial charge on any atom is 0.191 e. The van der Waals surface area contributed by atoms with Crippen LogP contribution in [-0.4, -0.2) is 14.8 Å². The summed E-state index contributed by atoms with van der Waals surface area (Å²) < 4.78 is 8.04. The first-order valence-electron chi connectivity index (χ1n) is 8.97. The number of nitrogens with zero attached hydrogens (tertiary/aromatic N) is 3. The molecular weight excluding hydrogens is 378 g/mol. The topological polar surface area (TPSA) is 39.9 Å². The molecule has 0 aliphatic heterocycles. The zero-order valence-corrected chi connectivity index (χ0v) is 17.6. The second-order valence-corrected chi connectivity index (χ2v) is 8.11. The van der Waals surface area contributed by atoms with Crippen LogP contribution in [0.4, 0.5) is 0 Å². The highest BCUT2D eigenvalue weighted by Crippen LogP contribution is 2.28. The summed E-state index contributed by atoms with van der Waals surface area (Å²) >= 11 is 7.84. The third-order valence-corrected chi connectivity index (χ3v) is 5.84. The van der Waals surface area contributed by atoms with E-state index in [0.717, 1.165) is 33.1 Å². The maximum absolute atomic E-state index is 6.23. The fourth-order valence-electron chi connectivity index (χ4n) is 2.75. The molecule has 1 heterocycles. The maximum atomic E-state index is 6.23. The van der Waals surface area contributed by atoms with Gasteiger partial charge in [0.1, 0.15) is 5.75 Å². The fourth-order valence-corrected chi connectivity index (χ4v) is 3.96. The average molecular weight is 402 g/mol. The molecule has 6 heteroatoms. The lowest BCUT2D eigenvalue weighted by atomic mass is 10.0. The van der Waals surface area contributed by atoms with Gasteiger partial charge in [0.05, 0.1) is 0 Å². The smallest absolute Gasteiger partial charge is 0.191 e. The van der Waals surface area contributed by atoms with Crippen LogP contribution < -0.4 is 4.74 Å². The van der Waals surface area contributed by atoms with Gasteiger partial charge in [-0.05, 0) is 42.2 Å². The van der Waals surface area contributed by atoms with Crippen LogP contribution in [0.2, 0.25) is 5.02 Å². The highest BCUT2D eigenvalue weighted by Gasteiger charge is 2.17. The molecule has 0 aliphatic rings. The summed E-state index contributed by atoms with van der Waals surface area (Å²) in [5, 5.41) is 10.3. The molecule has 3 rings (SSSR count). The van der Waals surface area contributed by atoms with E-state index >= 15 is 0 Å². The molecule has 3 aromatic rings. The lowest BCUT2D eigenvalue weighted by molar-refractivity contribution is 0.211. The van der Waals surface area contributed by atoms with Gasteiger partial charge in [0.2, 0.25) is 0 Å². The zero-order chi connectivity index (χ0) is 19.4. The molecule has 2 aromatic carbocycles. The van der Waals surface area contributed by atoms with Gasteiger partial charge in [0, 0.05) is 17.8 Å². The molecule has 1 unspecified atom stereocenters. The van der Waals surface area contributed by atoms with Gasteiger partial charge in [0.15, 0.2) is 17.1 Å². The highest BCUT2D eigenvalue weighted by atomic mass is 35.5. The standard InChI is InChI=1S/C21H24ClN3OS/c1-14(2)16-9-11-18(12-10-16)26-15(3)20-23-24-21(25(20)4)27-13-17-7-5-6-8-19(17)22/h5-12,14-15H,13H2,1-4H3. The van der Waals surface area contributed by atoms with E-state index in [4.69, 9.17) is 16.3 Å². The molecule has 4 nitrogen and oxygen atoms in total. The molecule has 0 saturated carbocycles. The van der Waals surface area contributed by atoms with E-state index in [2.05, 4.69) is 36.2 Å². The lowest BCUT2D eigenvalue weighted by Gasteiger charge is -2.15. The predicted molar refractivity (Wildman–Crippen MR) is 112 cm³/mol. The van der Waals surface area contributed by atoms with Gasteiger partial charge in [0.25, 0.3) is 0 Å². The summed E-state index contributed by atoms with van der Waals surface area (Å²) in [4.78, 5) is 0. The molecule has 0 aliphatic carbocycles. The highest BCUT2D eigenvalue weighted by molar-refractivity contribution is 7.98. The van der Waals surface area contributed by atoms with Crippen LogP contribution >= 0.6 is 23.4 Å². The first-order valence-corrected chi connectivity index (χ1v) is 10.3. The molecule has 0 amide bonds. The van der Waals surface area contributed by atoms with E-state index in [1.54, 1.807) is 11.8 Å². The predicted octanol–water partition coefficient (Wildman–Crippen LogP) is 6.02. The van der Waals surface area contributed by atoms with Crippen molar-refractivity contribution in [3.63, 3.8) is 0 Å². The van der Waals surface area contributed by atoms with E-state index < -0.39 is 0 Å². The summed E-state index contributed by atoms with van der Waals surface area (Å²) in [6.07, 6.45) is -0.193. The van der Waals surface area contributed by atoms with Crippen LogP contribution in [0.25, 0.3) is 0 Å². The van der Waals surface area contributed by atoms with Crippen molar-refractivity contribution in [3.8, 4) is 5.75 Å². The van der Waals surface area contributed by atoms with Crippen molar-refractivity contribution in [1.29, 1.82) is 0 Å². The number of rotatable bonds is 7. The third kappa shape index (κ3) is 4.85. The Bertz CT molecular complexity index is 893. The van der Waals surface area contributed by atoms with Gasteiger partial charge in [-0.3, -0.25) is 0 Å². The van der Waals surface area contributed by atoms with Crippen LogP contribution in [-0.2, 0) is 12.8 Å². The van der Waals surface area contributed by atoms with Gasteiger partial charge < -0.3 is 9.30 Å². The van der Waals surface area contributed by atoms with E-state index in [1.165, 1.54) is 5.56 Å². The van der Waals surface area contributed by atoms with Crippen molar-refractivity contribution in [3.05, 3.63) is 70.5 Å². The number of benzene rings is 2. The second-order valence-electron chi connectivity index (χ2n) is 6.76. The van der Waals surface area contributed by atoms with Crippen LogP contribution in [0.1, 0.15) is 49.7 Å². The van der Waals surface area contributed by atoms with Gasteiger partial charge >= 0.3 is 0 Å². The van der Waals surface area contributed by atoms with Crippen LogP contribution in [0.5, 0.6) is 5.75 Å². The summed E-state index contributed by atoms with van der Waals surface area (Å²) in [6.45, 7) is 6.35. The Morgan fingerprint density at radius 2 is 1.74 bits per heavy atom. The molecular formula is C21H24ClN3OS. The lowest BCUT2D eigenvalue weighted by Crippen LogP contribution is -2.10. The van der Waals surface area contributed by atoms with E-state index in [9.17, 15) is 0 Å². The van der Waals surface area contributed by atoms with Crippen molar-refractivity contribution in [2.45, 2.75) is 43.7 Å². The summed E-state index contributed by atoms with van der Waals surface area (Å²) in [5.74, 6) is 2.88. The Kier molecular flexibility index (Phi) is 6.45. The Morgan fingerprint density at radius 3 is 2.41 bits per heavy atom. The van der Waals surface area contributed by atoms with Gasteiger partial charge in [-0.25, -0.2) is 0 Å². The summed E-state index contributed by atoms with van der Waals surface area (Å²) in [5.41, 5.74) is 2.38. The fraction of sp³-hybridized carbons (Fsp3) is 0.333. The molecule has 0 radical (unpaired) electrons. The van der Waals surface area contributed by atoms with Crippen molar-refractivity contribution in [2.24, 2.45) is 7.05 Å². The second kappa shape index (κ2) is 8.81. The largest absolute Gasteiger partial charge is 0.483 e. The molecule has 0 spiro atoms. The molecule has 1 atom stereocenters. The minimum atomic E-state index is -0.193. The quantitative estimate of drug-likeness (QED) is 0.453. The van der Waals surface area contributed by atoms with Crippen molar-refractivity contribution < 1.29 is 4.74 Å². The van der Waals surface area contributed by atoms with Gasteiger partial charge in [-0.2, -0.15) is 0 Å². The molecule has 0 fully saturated rings. The van der Waals surface area contributed by atoms with Crippen LogP contribution in [0, 0.1) is 0 Å². The Hall–Kier alpha value is -1.98. The molecule has 142 valence electrons. The molecule has 0 bridgehead atoms. The summed E-state index contributed by atoms with van der Waals surface area (Å²) in [6, 6.07) is 16.1. The van der Waals surface area contributed by atoms with Crippen molar-refractivity contribution in [1.82, 2.24) is 14.8 Å². The first-order chi connectivity index (χ1) is 13.0. The van der Waals surface area contributed by atoms with Crippen LogP contribution in [0.15, 0.2) is 53.7 Å². The monoisotopic (exact) mass is 401 g/mol. The molecule has 27 heavy (non-hydrogen) atoms. The molecule has 0 saturated heterocycles. The van der Waals surface area contributed by atoms with Crippen molar-refractivity contribution in [2.75, 3.05) is 0 Å². The average Bonchev–Trinajstić information content (AvgIpc) is 3.02. The Labute approximate surface area is 169 Å². The number of hydrogen-bond acceptors (Lipinski definition) is 4. The Morgan fingerprint density at radius 1 is 1.04 bits per heavy atom. The minimum absolute atomic E-state index is 0.193. The Balaban J connectivity index is 1.66. The van der Waals surface area contributed by atoms with Gasteiger partial charge in [-0.15, -0.1) is 10.2 Å². The van der Waals surface area contributed by atoms with Gasteiger partial charge in [-0.1, -0.05) is 67.5 Å². The number of ether oxygens (including phenoxy) is 1. The van der Waals surface area contributed by atoms with Crippen molar-refractivity contribution >= 4 is 23.4 Å². The SMILES string of the molecule is CC(C)c1ccc(OC(C)c2nnc(SCc3ccccc3Cl)n2C)cc1. The summed E-state index contributed by atoms with van der Waals surface area (Å²) in [7, 11) is 1.96. The number of hydrogen-bond donors (Lipinski definition) is 0. The number of halogens is 1. The van der Waals surface area contributed by atoms with Crippen LogP contribution in [0.3, 0.4) is 0 Å². The van der Waals surface area contributed by atoms with E-state index in [1.807, 2.05) is 54.9 Å². The zero-order valence-electron chi connectivity index (χ0n) is 16.0. The normalized spacial score (nSPS) is 12.4. The minimum Gasteiger partial charge on any atom is -0.483 e.